The number of oxazole rings is 1. The maximum absolute atomic E-state index is 10.1. The maximum atomic E-state index is 10.1. The molecule has 0 radical (unpaired) electrons. The molecule has 1 heterocycles. The van der Waals surface area contributed by atoms with Gasteiger partial charge < -0.3 is 4.42 Å². The molecule has 0 spiro atoms. The van der Waals surface area contributed by atoms with Crippen LogP contribution in [0, 0.1) is 0 Å². The van der Waals surface area contributed by atoms with Gasteiger partial charge in [-0.3, -0.25) is 4.79 Å². The van der Waals surface area contributed by atoms with Gasteiger partial charge in [0.15, 0.2) is 12.0 Å². The monoisotopic (exact) mass is 173 g/mol. The Morgan fingerprint density at radius 2 is 2.31 bits per heavy atom. The van der Waals surface area contributed by atoms with Crippen molar-refractivity contribution in [3.63, 3.8) is 0 Å². The van der Waals surface area contributed by atoms with E-state index in [0.29, 0.717) is 0 Å². The van der Waals surface area contributed by atoms with E-state index in [1.54, 1.807) is 6.08 Å². The van der Waals surface area contributed by atoms with E-state index in [-0.39, 0.29) is 0 Å². The summed E-state index contributed by atoms with van der Waals surface area (Å²) in [7, 11) is 0. The number of allylic oxidation sites excluding steroid dienone is 1. The van der Waals surface area contributed by atoms with Crippen molar-refractivity contribution in [2.45, 2.75) is 0 Å². The van der Waals surface area contributed by atoms with Gasteiger partial charge in [0.05, 0.1) is 0 Å². The fraction of sp³-hybridized carbons (Fsp3) is 0. The third kappa shape index (κ3) is 1.49. The quantitative estimate of drug-likeness (QED) is 0.515. The van der Waals surface area contributed by atoms with Gasteiger partial charge in [0.25, 0.3) is 0 Å². The van der Waals surface area contributed by atoms with Gasteiger partial charge in [-0.05, 0) is 23.8 Å². The Morgan fingerprint density at radius 1 is 1.38 bits per heavy atom. The lowest BCUT2D eigenvalue weighted by molar-refractivity contribution is -0.104. The Kier molecular flexibility index (Phi) is 1.92. The molecule has 3 heteroatoms. The van der Waals surface area contributed by atoms with Crippen LogP contribution in [0.1, 0.15) is 5.56 Å². The van der Waals surface area contributed by atoms with Crippen molar-refractivity contribution >= 4 is 23.5 Å². The van der Waals surface area contributed by atoms with Gasteiger partial charge >= 0.3 is 0 Å². The molecule has 64 valence electrons. The normalized spacial score (nSPS) is 11.1. The lowest BCUT2D eigenvalue weighted by atomic mass is 10.2. The number of fused-ring (bicyclic) bond motifs is 1. The van der Waals surface area contributed by atoms with E-state index >= 15 is 0 Å². The van der Waals surface area contributed by atoms with Crippen molar-refractivity contribution < 1.29 is 9.21 Å². The predicted molar refractivity (Wildman–Crippen MR) is 49.1 cm³/mol. The highest BCUT2D eigenvalue weighted by Gasteiger charge is 1.96. The van der Waals surface area contributed by atoms with Crippen molar-refractivity contribution in [2.75, 3.05) is 0 Å². The molecule has 0 aliphatic heterocycles. The van der Waals surface area contributed by atoms with E-state index in [0.717, 1.165) is 22.9 Å². The molecule has 0 fully saturated rings. The lowest BCUT2D eigenvalue weighted by Gasteiger charge is -1.90. The topological polar surface area (TPSA) is 43.1 Å². The summed E-state index contributed by atoms with van der Waals surface area (Å²) >= 11 is 0. The molecular formula is C10H7NO2. The first kappa shape index (κ1) is 7.73. The first-order valence-corrected chi connectivity index (χ1v) is 3.85. The maximum Gasteiger partial charge on any atom is 0.181 e. The molecule has 0 aliphatic carbocycles. The van der Waals surface area contributed by atoms with E-state index in [9.17, 15) is 4.79 Å². The number of carbonyl (C=O) groups is 1. The van der Waals surface area contributed by atoms with Gasteiger partial charge in [-0.2, -0.15) is 0 Å². The van der Waals surface area contributed by atoms with E-state index in [4.69, 9.17) is 4.42 Å². The van der Waals surface area contributed by atoms with Crippen LogP contribution in [0.2, 0.25) is 0 Å². The minimum atomic E-state index is 0.743. The molecule has 0 amide bonds. The Labute approximate surface area is 74.7 Å². The second-order valence-corrected chi connectivity index (χ2v) is 2.57. The van der Waals surface area contributed by atoms with Crippen LogP contribution in [0.25, 0.3) is 17.2 Å². The third-order valence-corrected chi connectivity index (χ3v) is 1.72. The summed E-state index contributed by atoms with van der Waals surface area (Å²) in [5, 5.41) is 0. The van der Waals surface area contributed by atoms with Crippen LogP contribution < -0.4 is 0 Å². The number of aromatic nitrogens is 1. The summed E-state index contributed by atoms with van der Waals surface area (Å²) in [6, 6.07) is 5.55. The zero-order valence-corrected chi connectivity index (χ0v) is 6.81. The van der Waals surface area contributed by atoms with E-state index in [1.165, 1.54) is 12.5 Å². The van der Waals surface area contributed by atoms with Crippen LogP contribution in [0.3, 0.4) is 0 Å². The van der Waals surface area contributed by atoms with Gasteiger partial charge in [-0.1, -0.05) is 12.1 Å². The van der Waals surface area contributed by atoms with E-state index < -0.39 is 0 Å². The summed E-state index contributed by atoms with van der Waals surface area (Å²) in [6.07, 6.45) is 5.31. The van der Waals surface area contributed by atoms with Crippen molar-refractivity contribution in [3.8, 4) is 0 Å². The third-order valence-electron chi connectivity index (χ3n) is 1.72. The average Bonchev–Trinajstić information content (AvgIpc) is 2.61. The van der Waals surface area contributed by atoms with Crippen LogP contribution >= 0.6 is 0 Å². The van der Waals surface area contributed by atoms with Crippen molar-refractivity contribution in [3.05, 3.63) is 36.2 Å². The number of benzene rings is 1. The second-order valence-electron chi connectivity index (χ2n) is 2.57. The largest absolute Gasteiger partial charge is 0.443 e. The van der Waals surface area contributed by atoms with Crippen LogP contribution in [-0.4, -0.2) is 11.3 Å². The molecule has 0 saturated carbocycles. The molecule has 0 unspecified atom stereocenters. The fourth-order valence-electron chi connectivity index (χ4n) is 1.13. The zero-order chi connectivity index (χ0) is 9.10. The molecular weight excluding hydrogens is 166 g/mol. The predicted octanol–water partition coefficient (Wildman–Crippen LogP) is 2.04. The van der Waals surface area contributed by atoms with Crippen molar-refractivity contribution in [2.24, 2.45) is 0 Å². The molecule has 0 saturated heterocycles. The highest BCUT2D eigenvalue weighted by atomic mass is 16.3. The van der Waals surface area contributed by atoms with Gasteiger partial charge in [0.1, 0.15) is 11.8 Å². The zero-order valence-electron chi connectivity index (χ0n) is 6.81. The van der Waals surface area contributed by atoms with Gasteiger partial charge in [-0.25, -0.2) is 4.98 Å². The summed E-state index contributed by atoms with van der Waals surface area (Å²) < 4.78 is 5.07. The molecule has 1 aromatic carbocycles. The Morgan fingerprint density at radius 3 is 3.15 bits per heavy atom. The van der Waals surface area contributed by atoms with Gasteiger partial charge in [-0.15, -0.1) is 0 Å². The number of hydrogen-bond acceptors (Lipinski definition) is 3. The van der Waals surface area contributed by atoms with Gasteiger partial charge in [0, 0.05) is 0 Å². The number of hydrogen-bond donors (Lipinski definition) is 0. The first-order chi connectivity index (χ1) is 6.40. The van der Waals surface area contributed by atoms with Crippen LogP contribution in [0.15, 0.2) is 35.1 Å². The van der Waals surface area contributed by atoms with Crippen LogP contribution in [-0.2, 0) is 4.79 Å². The number of nitrogens with zero attached hydrogens (tertiary/aromatic N) is 1. The lowest BCUT2D eigenvalue weighted by Crippen LogP contribution is -1.72. The van der Waals surface area contributed by atoms with E-state index in [2.05, 4.69) is 4.98 Å². The summed E-state index contributed by atoms with van der Waals surface area (Å²) in [6.45, 7) is 0. The molecule has 13 heavy (non-hydrogen) atoms. The summed E-state index contributed by atoms with van der Waals surface area (Å²) in [5.41, 5.74) is 2.49. The number of rotatable bonds is 2. The second kappa shape index (κ2) is 3.23. The molecule has 1 aromatic heterocycles. The molecule has 0 atom stereocenters. The van der Waals surface area contributed by atoms with Gasteiger partial charge in [0.2, 0.25) is 0 Å². The average molecular weight is 173 g/mol. The summed E-state index contributed by atoms with van der Waals surface area (Å²) in [4.78, 5) is 14.1. The molecule has 2 aromatic rings. The Bertz CT molecular complexity index is 457. The molecule has 3 nitrogen and oxygen atoms in total. The first-order valence-electron chi connectivity index (χ1n) is 3.85. The highest BCUT2D eigenvalue weighted by Crippen LogP contribution is 2.14. The minimum Gasteiger partial charge on any atom is -0.443 e. The molecule has 0 N–H and O–H groups in total. The number of aldehydes is 1. The van der Waals surface area contributed by atoms with Crippen LogP contribution in [0.4, 0.5) is 0 Å². The van der Waals surface area contributed by atoms with E-state index in [1.807, 2.05) is 18.2 Å². The molecule has 2 rings (SSSR count). The van der Waals surface area contributed by atoms with Crippen molar-refractivity contribution in [1.82, 2.24) is 4.98 Å². The number of carbonyl (C=O) groups excluding carboxylic acids is 1. The highest BCUT2D eigenvalue weighted by molar-refractivity contribution is 5.79. The molecule has 0 bridgehead atoms. The SMILES string of the molecule is O=CC=Cc1ccc2ocnc2c1. The molecule has 0 aliphatic rings. The standard InChI is InChI=1S/C10H7NO2/c12-5-1-2-8-3-4-10-9(6-8)11-7-13-10/h1-7H. The summed E-state index contributed by atoms with van der Waals surface area (Å²) in [5.74, 6) is 0. The minimum absolute atomic E-state index is 0.743. The smallest absolute Gasteiger partial charge is 0.181 e. The van der Waals surface area contributed by atoms with Crippen LogP contribution in [0.5, 0.6) is 0 Å². The fourth-order valence-corrected chi connectivity index (χ4v) is 1.13. The van der Waals surface area contributed by atoms with Crippen molar-refractivity contribution in [1.29, 1.82) is 0 Å². The Hall–Kier alpha value is -1.90. The Balaban J connectivity index is 2.47.